The number of hydrogen-bond acceptors (Lipinski definition) is 1. The molecule has 0 amide bonds. The van der Waals surface area contributed by atoms with Gasteiger partial charge in [-0.15, -0.1) is 0 Å². The number of aryl methyl sites for hydroxylation is 1. The molecule has 1 aromatic carbocycles. The van der Waals surface area contributed by atoms with Crippen molar-refractivity contribution in [1.82, 2.24) is 0 Å². The van der Waals surface area contributed by atoms with Crippen LogP contribution in [0.4, 0.5) is 0 Å². The van der Waals surface area contributed by atoms with Crippen molar-refractivity contribution >= 4 is 56.5 Å². The molecular formula is C8H13BaO3P. The van der Waals surface area contributed by atoms with Gasteiger partial charge in [0, 0.05) is 0 Å². The molecule has 13 heavy (non-hydrogen) atoms. The molecule has 0 aliphatic carbocycles. The number of rotatable bonds is 2. The Kier molecular flexibility index (Phi) is 6.15. The van der Waals surface area contributed by atoms with Crippen LogP contribution < -0.4 is 0 Å². The Hall–Kier alpha value is 0.941. The topological polar surface area (TPSA) is 57.5 Å². The van der Waals surface area contributed by atoms with E-state index in [0.29, 0.717) is 5.56 Å². The van der Waals surface area contributed by atoms with Gasteiger partial charge in [0.2, 0.25) is 0 Å². The van der Waals surface area contributed by atoms with Crippen LogP contribution in [0.25, 0.3) is 0 Å². The van der Waals surface area contributed by atoms with Gasteiger partial charge in [-0.25, -0.2) is 0 Å². The fourth-order valence-electron chi connectivity index (χ4n) is 1.01. The first kappa shape index (κ1) is 13.9. The molecule has 0 heterocycles. The molecule has 0 spiro atoms. The van der Waals surface area contributed by atoms with Gasteiger partial charge in [0.15, 0.2) is 0 Å². The fourth-order valence-corrected chi connectivity index (χ4v) is 1.81. The standard InChI is InChI=1S/C8H11O3P.Ba.2H/c1-7-4-2-3-5-8(7)6-12(9,10)11;;;/h2-5H,6H2,1H3,(H2,9,10,11);;;. The summed E-state index contributed by atoms with van der Waals surface area (Å²) in [6.45, 7) is 1.84. The van der Waals surface area contributed by atoms with E-state index >= 15 is 0 Å². The minimum absolute atomic E-state index is 0. The van der Waals surface area contributed by atoms with Crippen LogP contribution in [0.2, 0.25) is 0 Å². The summed E-state index contributed by atoms with van der Waals surface area (Å²) < 4.78 is 10.6. The Bertz CT molecular complexity index is 321. The van der Waals surface area contributed by atoms with Crippen molar-refractivity contribution in [3.8, 4) is 0 Å². The molecule has 0 saturated heterocycles. The van der Waals surface area contributed by atoms with E-state index < -0.39 is 7.60 Å². The average molecular weight is 325 g/mol. The molecule has 0 aliphatic heterocycles. The van der Waals surface area contributed by atoms with E-state index in [0.717, 1.165) is 5.56 Å². The van der Waals surface area contributed by atoms with Crippen LogP contribution in [0, 0.1) is 6.92 Å². The summed E-state index contributed by atoms with van der Waals surface area (Å²) in [5.74, 6) is 0. The van der Waals surface area contributed by atoms with Crippen LogP contribution in [0.5, 0.6) is 0 Å². The molecule has 5 heteroatoms. The van der Waals surface area contributed by atoms with Crippen LogP contribution >= 0.6 is 7.60 Å². The third kappa shape index (κ3) is 5.40. The Labute approximate surface area is 118 Å². The zero-order chi connectivity index (χ0) is 9.19. The summed E-state index contributed by atoms with van der Waals surface area (Å²) in [5.41, 5.74) is 1.63. The molecule has 1 rings (SSSR count). The molecule has 0 aliphatic rings. The third-order valence-electron chi connectivity index (χ3n) is 1.64. The van der Waals surface area contributed by atoms with E-state index in [9.17, 15) is 4.57 Å². The second kappa shape index (κ2) is 5.73. The first-order valence-corrected chi connectivity index (χ1v) is 5.38. The predicted octanol–water partition coefficient (Wildman–Crippen LogP) is 0.757. The molecular weight excluding hydrogens is 312 g/mol. The van der Waals surface area contributed by atoms with Gasteiger partial charge in [-0.1, -0.05) is 24.3 Å². The van der Waals surface area contributed by atoms with Crippen molar-refractivity contribution in [1.29, 1.82) is 0 Å². The van der Waals surface area contributed by atoms with Crippen molar-refractivity contribution < 1.29 is 14.4 Å². The molecule has 0 radical (unpaired) electrons. The van der Waals surface area contributed by atoms with Gasteiger partial charge in [-0.2, -0.15) is 0 Å². The first-order chi connectivity index (χ1) is 5.49. The van der Waals surface area contributed by atoms with Crippen molar-refractivity contribution in [2.24, 2.45) is 0 Å². The molecule has 0 fully saturated rings. The normalized spacial score (nSPS) is 10.7. The fraction of sp³-hybridized carbons (Fsp3) is 0.250. The summed E-state index contributed by atoms with van der Waals surface area (Å²) in [7, 11) is -3.91. The van der Waals surface area contributed by atoms with Crippen LogP contribution in [-0.4, -0.2) is 58.7 Å². The summed E-state index contributed by atoms with van der Waals surface area (Å²) in [4.78, 5) is 17.4. The maximum atomic E-state index is 10.6. The van der Waals surface area contributed by atoms with Gasteiger partial charge in [-0.05, 0) is 18.1 Å². The third-order valence-corrected chi connectivity index (χ3v) is 2.39. The van der Waals surface area contributed by atoms with Crippen molar-refractivity contribution in [2.75, 3.05) is 0 Å². The molecule has 70 valence electrons. The van der Waals surface area contributed by atoms with Crippen molar-refractivity contribution in [3.05, 3.63) is 35.4 Å². The van der Waals surface area contributed by atoms with E-state index in [1.165, 1.54) is 0 Å². The summed E-state index contributed by atoms with van der Waals surface area (Å²) in [6, 6.07) is 7.19. The van der Waals surface area contributed by atoms with Crippen LogP contribution in [0.3, 0.4) is 0 Å². The zero-order valence-corrected chi connectivity index (χ0v) is 7.66. The summed E-state index contributed by atoms with van der Waals surface area (Å²) >= 11 is 0. The SMILES string of the molecule is Cc1ccccc1CP(=O)(O)O.[BaH2]. The predicted molar refractivity (Wildman–Crippen MR) is 55.5 cm³/mol. The molecule has 3 nitrogen and oxygen atoms in total. The Morgan fingerprint density at radius 1 is 1.31 bits per heavy atom. The monoisotopic (exact) mass is 326 g/mol. The van der Waals surface area contributed by atoms with Crippen molar-refractivity contribution in [3.63, 3.8) is 0 Å². The second-order valence-electron chi connectivity index (χ2n) is 2.75. The molecule has 0 atom stereocenters. The van der Waals surface area contributed by atoms with Crippen molar-refractivity contribution in [2.45, 2.75) is 13.1 Å². The quantitative estimate of drug-likeness (QED) is 0.623. The molecule has 2 N–H and O–H groups in total. The van der Waals surface area contributed by atoms with Gasteiger partial charge in [-0.3, -0.25) is 4.57 Å². The zero-order valence-electron chi connectivity index (χ0n) is 6.77. The Balaban J connectivity index is 0.00000144. The molecule has 1 aromatic rings. The number of hydrogen-bond donors (Lipinski definition) is 2. The Morgan fingerprint density at radius 2 is 1.85 bits per heavy atom. The molecule has 0 unspecified atom stereocenters. The first-order valence-electron chi connectivity index (χ1n) is 3.58. The molecule has 0 saturated carbocycles. The van der Waals surface area contributed by atoms with E-state index in [1.54, 1.807) is 12.1 Å². The van der Waals surface area contributed by atoms with Gasteiger partial charge < -0.3 is 9.79 Å². The summed E-state index contributed by atoms with van der Waals surface area (Å²) in [6.07, 6.45) is -0.167. The Morgan fingerprint density at radius 3 is 2.31 bits per heavy atom. The van der Waals surface area contributed by atoms with E-state index in [4.69, 9.17) is 9.79 Å². The molecule has 0 bridgehead atoms. The van der Waals surface area contributed by atoms with Crippen LogP contribution in [0.15, 0.2) is 24.3 Å². The molecule has 0 aromatic heterocycles. The van der Waals surface area contributed by atoms with Gasteiger partial charge in [0.25, 0.3) is 0 Å². The van der Waals surface area contributed by atoms with E-state index in [-0.39, 0.29) is 55.0 Å². The van der Waals surface area contributed by atoms with Crippen LogP contribution in [-0.2, 0) is 10.7 Å². The minimum atomic E-state index is -3.91. The van der Waals surface area contributed by atoms with Gasteiger partial charge >= 0.3 is 56.5 Å². The summed E-state index contributed by atoms with van der Waals surface area (Å²) in [5, 5.41) is 0. The number of benzene rings is 1. The van der Waals surface area contributed by atoms with E-state index in [1.807, 2.05) is 19.1 Å². The maximum absolute atomic E-state index is 10.6. The van der Waals surface area contributed by atoms with Gasteiger partial charge in [0.1, 0.15) is 0 Å². The average Bonchev–Trinajstić information content (AvgIpc) is 1.91. The van der Waals surface area contributed by atoms with Gasteiger partial charge in [0.05, 0.1) is 6.16 Å². The van der Waals surface area contributed by atoms with Crippen LogP contribution in [0.1, 0.15) is 11.1 Å². The van der Waals surface area contributed by atoms with E-state index in [2.05, 4.69) is 0 Å². The second-order valence-corrected chi connectivity index (χ2v) is 4.39.